The molecule has 0 fully saturated rings. The van der Waals surface area contributed by atoms with Gasteiger partial charge in [0.1, 0.15) is 12.4 Å². The molecule has 2 heterocycles. The fraction of sp³-hybridized carbons (Fsp3) is 0.364. The molecule has 2 aromatic heterocycles. The maximum absolute atomic E-state index is 13.7. The van der Waals surface area contributed by atoms with Crippen LogP contribution >= 0.6 is 0 Å². The van der Waals surface area contributed by atoms with Crippen molar-refractivity contribution in [2.75, 3.05) is 6.61 Å². The first-order chi connectivity index (χ1) is 12.7. The van der Waals surface area contributed by atoms with Crippen LogP contribution in [0.2, 0.25) is 0 Å². The van der Waals surface area contributed by atoms with Crippen molar-refractivity contribution in [2.45, 2.75) is 39.7 Å². The van der Waals surface area contributed by atoms with Gasteiger partial charge < -0.3 is 10.5 Å². The van der Waals surface area contributed by atoms with E-state index in [1.54, 1.807) is 18.5 Å². The van der Waals surface area contributed by atoms with Crippen molar-refractivity contribution in [3.8, 4) is 17.0 Å². The molecule has 142 valence electrons. The molecule has 27 heavy (non-hydrogen) atoms. The molecule has 0 aliphatic carbocycles. The Morgan fingerprint density at radius 2 is 1.96 bits per heavy atom. The van der Waals surface area contributed by atoms with E-state index in [0.29, 0.717) is 18.4 Å². The molecule has 0 bridgehead atoms. The Hall–Kier alpha value is -2.53. The van der Waals surface area contributed by atoms with Crippen molar-refractivity contribution in [2.24, 2.45) is 11.7 Å². The van der Waals surface area contributed by atoms with Gasteiger partial charge in [-0.2, -0.15) is 0 Å². The molecule has 1 atom stereocenters. The van der Waals surface area contributed by atoms with E-state index < -0.39 is 5.54 Å². The third-order valence-corrected chi connectivity index (χ3v) is 4.46. The Balaban J connectivity index is 1.87. The molecule has 3 rings (SSSR count). The number of ether oxygens (including phenoxy) is 1. The monoisotopic (exact) mass is 367 g/mol. The fourth-order valence-corrected chi connectivity index (χ4v) is 3.46. The first-order valence-electron chi connectivity index (χ1n) is 9.18. The number of pyridine rings is 2. The highest BCUT2D eigenvalue weighted by Crippen LogP contribution is 2.30. The molecule has 0 saturated carbocycles. The predicted molar refractivity (Wildman–Crippen MR) is 107 cm³/mol. The maximum Gasteiger partial charge on any atom is 0.216 e. The molecule has 0 spiro atoms. The van der Waals surface area contributed by atoms with Gasteiger partial charge in [-0.1, -0.05) is 13.8 Å². The minimum Gasteiger partial charge on any atom is -0.476 e. The van der Waals surface area contributed by atoms with Gasteiger partial charge in [0.25, 0.3) is 0 Å². The normalized spacial score (nSPS) is 13.7. The second-order valence-electron chi connectivity index (χ2n) is 7.91. The quantitative estimate of drug-likeness (QED) is 0.674. The number of aryl methyl sites for hydroxylation is 1. The van der Waals surface area contributed by atoms with E-state index in [-0.39, 0.29) is 5.82 Å². The number of hydrogen-bond acceptors (Lipinski definition) is 4. The molecule has 3 aromatic rings. The van der Waals surface area contributed by atoms with Crippen LogP contribution in [0.3, 0.4) is 0 Å². The highest BCUT2D eigenvalue weighted by Gasteiger charge is 2.21. The Kier molecular flexibility index (Phi) is 5.42. The van der Waals surface area contributed by atoms with E-state index >= 15 is 0 Å². The Morgan fingerprint density at radius 3 is 2.67 bits per heavy atom. The molecule has 0 aliphatic rings. The average Bonchev–Trinajstić information content (AvgIpc) is 2.59. The second kappa shape index (κ2) is 7.61. The van der Waals surface area contributed by atoms with Crippen LogP contribution in [0.15, 0.2) is 42.7 Å². The van der Waals surface area contributed by atoms with Crippen LogP contribution in [-0.2, 0) is 0 Å². The molecule has 1 unspecified atom stereocenters. The third kappa shape index (κ3) is 4.61. The van der Waals surface area contributed by atoms with Crippen LogP contribution in [0, 0.1) is 18.7 Å². The van der Waals surface area contributed by atoms with Gasteiger partial charge in [0.15, 0.2) is 0 Å². The lowest BCUT2D eigenvalue weighted by Crippen LogP contribution is -2.43. The number of nitrogens with two attached hydrogens (primary N) is 1. The Labute approximate surface area is 159 Å². The molecule has 2 N–H and O–H groups in total. The zero-order chi connectivity index (χ0) is 19.6. The molecule has 0 saturated heterocycles. The maximum atomic E-state index is 13.7. The molecule has 0 aliphatic heterocycles. The summed E-state index contributed by atoms with van der Waals surface area (Å²) in [4.78, 5) is 8.78. The molecule has 0 amide bonds. The van der Waals surface area contributed by atoms with Gasteiger partial charge in [0.2, 0.25) is 5.88 Å². The fourth-order valence-electron chi connectivity index (χ4n) is 3.46. The van der Waals surface area contributed by atoms with Gasteiger partial charge in [0, 0.05) is 34.4 Å². The topological polar surface area (TPSA) is 61.0 Å². The van der Waals surface area contributed by atoms with Crippen molar-refractivity contribution in [1.82, 2.24) is 9.97 Å². The smallest absolute Gasteiger partial charge is 0.216 e. The number of halogens is 1. The summed E-state index contributed by atoms with van der Waals surface area (Å²) in [7, 11) is 0. The number of rotatable bonds is 6. The number of hydrogen-bond donors (Lipinski definition) is 1. The average molecular weight is 367 g/mol. The van der Waals surface area contributed by atoms with Crippen molar-refractivity contribution in [3.05, 3.63) is 54.1 Å². The summed E-state index contributed by atoms with van der Waals surface area (Å²) in [6.45, 7) is 8.64. The van der Waals surface area contributed by atoms with Crippen LogP contribution < -0.4 is 10.5 Å². The van der Waals surface area contributed by atoms with Crippen molar-refractivity contribution >= 4 is 10.9 Å². The lowest BCUT2D eigenvalue weighted by atomic mass is 9.93. The summed E-state index contributed by atoms with van der Waals surface area (Å²) in [5.41, 5.74) is 9.37. The SMILES string of the molecule is Cc1cc(-c2ccnc3ccc(F)cc23)cnc1OCC(C)(N)CC(C)C. The molecule has 5 heteroatoms. The van der Waals surface area contributed by atoms with Gasteiger partial charge in [-0.3, -0.25) is 4.98 Å². The molecule has 0 radical (unpaired) electrons. The van der Waals surface area contributed by atoms with E-state index in [1.807, 2.05) is 26.0 Å². The van der Waals surface area contributed by atoms with E-state index in [4.69, 9.17) is 10.5 Å². The van der Waals surface area contributed by atoms with Crippen LogP contribution in [0.4, 0.5) is 4.39 Å². The highest BCUT2D eigenvalue weighted by molar-refractivity contribution is 5.94. The predicted octanol–water partition coefficient (Wildman–Crippen LogP) is 4.89. The van der Waals surface area contributed by atoms with Gasteiger partial charge >= 0.3 is 0 Å². The van der Waals surface area contributed by atoms with E-state index in [1.165, 1.54) is 12.1 Å². The van der Waals surface area contributed by atoms with Gasteiger partial charge in [-0.05, 0) is 62.1 Å². The number of fused-ring (bicyclic) bond motifs is 1. The summed E-state index contributed by atoms with van der Waals surface area (Å²) >= 11 is 0. The number of nitrogens with zero attached hydrogens (tertiary/aromatic N) is 2. The molecule has 4 nitrogen and oxygen atoms in total. The zero-order valence-corrected chi connectivity index (χ0v) is 16.3. The van der Waals surface area contributed by atoms with Crippen LogP contribution in [0.1, 0.15) is 32.8 Å². The first-order valence-corrected chi connectivity index (χ1v) is 9.18. The van der Waals surface area contributed by atoms with E-state index in [9.17, 15) is 4.39 Å². The van der Waals surface area contributed by atoms with E-state index in [2.05, 4.69) is 23.8 Å². The van der Waals surface area contributed by atoms with Gasteiger partial charge in [-0.25, -0.2) is 9.37 Å². The summed E-state index contributed by atoms with van der Waals surface area (Å²) in [6.07, 6.45) is 4.35. The summed E-state index contributed by atoms with van der Waals surface area (Å²) < 4.78 is 19.6. The van der Waals surface area contributed by atoms with Crippen LogP contribution in [-0.4, -0.2) is 22.1 Å². The molecular formula is C22H26FN3O. The summed E-state index contributed by atoms with van der Waals surface area (Å²) in [5, 5.41) is 0.763. The zero-order valence-electron chi connectivity index (χ0n) is 16.3. The minimum absolute atomic E-state index is 0.284. The van der Waals surface area contributed by atoms with Crippen LogP contribution in [0.5, 0.6) is 5.88 Å². The van der Waals surface area contributed by atoms with Crippen molar-refractivity contribution in [1.29, 1.82) is 0 Å². The largest absolute Gasteiger partial charge is 0.476 e. The van der Waals surface area contributed by atoms with Crippen molar-refractivity contribution < 1.29 is 9.13 Å². The molecule has 1 aromatic carbocycles. The number of aromatic nitrogens is 2. The standard InChI is InChI=1S/C22H26FN3O/c1-14(2)11-22(4,24)13-27-21-15(3)9-16(12-26-21)18-7-8-25-20-6-5-17(23)10-19(18)20/h5-10,12,14H,11,13,24H2,1-4H3. The Morgan fingerprint density at radius 1 is 1.19 bits per heavy atom. The van der Waals surface area contributed by atoms with E-state index in [0.717, 1.165) is 34.0 Å². The second-order valence-corrected chi connectivity index (χ2v) is 7.91. The molecular weight excluding hydrogens is 341 g/mol. The number of benzene rings is 1. The van der Waals surface area contributed by atoms with Crippen molar-refractivity contribution in [3.63, 3.8) is 0 Å². The Bertz CT molecular complexity index is 953. The first kappa shape index (κ1) is 19.2. The van der Waals surface area contributed by atoms with Gasteiger partial charge in [0.05, 0.1) is 5.52 Å². The lowest BCUT2D eigenvalue weighted by molar-refractivity contribution is 0.199. The third-order valence-electron chi connectivity index (χ3n) is 4.46. The van der Waals surface area contributed by atoms with Crippen LogP contribution in [0.25, 0.3) is 22.0 Å². The highest BCUT2D eigenvalue weighted by atomic mass is 19.1. The summed E-state index contributed by atoms with van der Waals surface area (Å²) in [6, 6.07) is 8.48. The summed E-state index contributed by atoms with van der Waals surface area (Å²) in [5.74, 6) is 0.790. The lowest BCUT2D eigenvalue weighted by Gasteiger charge is -2.26. The minimum atomic E-state index is -0.403. The van der Waals surface area contributed by atoms with Gasteiger partial charge in [-0.15, -0.1) is 0 Å².